The highest BCUT2D eigenvalue weighted by Crippen LogP contribution is 2.43. The Morgan fingerprint density at radius 1 is 1.03 bits per heavy atom. The molecule has 2 heterocycles. The molecule has 170 valence electrons. The lowest BCUT2D eigenvalue weighted by Crippen LogP contribution is -2.31. The standard InChI is InChI=1S/C24H24N4O5/c1-31-18-11-14(12-19(32-2)22(18)33-3)23-26-24-25-16-5-4-6-17(30)20(16)21(28(24)27-23)13-7-9-15(29)10-8-13/h7-12,21,29H,4-6H2,1-3H3,(H,25,26,27)/t21-/m1/s1. The van der Waals surface area contributed by atoms with Crippen molar-refractivity contribution in [3.05, 3.63) is 53.2 Å². The van der Waals surface area contributed by atoms with Crippen molar-refractivity contribution in [1.82, 2.24) is 14.8 Å². The van der Waals surface area contributed by atoms with Crippen LogP contribution in [0.3, 0.4) is 0 Å². The first-order valence-electron chi connectivity index (χ1n) is 10.6. The third-order valence-electron chi connectivity index (χ3n) is 6.00. The Kier molecular flexibility index (Phi) is 5.16. The molecule has 0 saturated heterocycles. The number of carbonyl (C=O) groups excluding carboxylic acids is 1. The molecule has 1 aromatic heterocycles. The van der Waals surface area contributed by atoms with Crippen molar-refractivity contribution in [3.8, 4) is 34.4 Å². The zero-order valence-electron chi connectivity index (χ0n) is 18.6. The normalized spacial score (nSPS) is 17.2. The minimum atomic E-state index is -0.437. The van der Waals surface area contributed by atoms with E-state index in [9.17, 15) is 9.90 Å². The predicted molar refractivity (Wildman–Crippen MR) is 121 cm³/mol. The fourth-order valence-electron chi connectivity index (χ4n) is 4.45. The number of benzene rings is 2. The maximum Gasteiger partial charge on any atom is 0.226 e. The van der Waals surface area contributed by atoms with Crippen LogP contribution in [0, 0.1) is 0 Å². The number of anilines is 1. The number of hydrogen-bond donors (Lipinski definition) is 2. The molecule has 3 aromatic rings. The smallest absolute Gasteiger partial charge is 0.226 e. The molecule has 2 aliphatic rings. The van der Waals surface area contributed by atoms with Gasteiger partial charge in [-0.3, -0.25) is 4.79 Å². The van der Waals surface area contributed by atoms with E-state index in [1.807, 2.05) is 12.1 Å². The van der Waals surface area contributed by atoms with E-state index in [2.05, 4.69) is 5.32 Å². The molecule has 0 bridgehead atoms. The van der Waals surface area contributed by atoms with E-state index in [1.165, 1.54) is 0 Å². The summed E-state index contributed by atoms with van der Waals surface area (Å²) in [5.41, 5.74) is 3.10. The van der Waals surface area contributed by atoms with Gasteiger partial charge in [0.15, 0.2) is 23.1 Å². The Labute approximate surface area is 190 Å². The summed E-state index contributed by atoms with van der Waals surface area (Å²) in [6.07, 6.45) is 2.06. The maximum atomic E-state index is 12.9. The number of nitrogens with zero attached hydrogens (tertiary/aromatic N) is 3. The fourth-order valence-corrected chi connectivity index (χ4v) is 4.45. The minimum absolute atomic E-state index is 0.0947. The molecular formula is C24H24N4O5. The Hall–Kier alpha value is -4.01. The summed E-state index contributed by atoms with van der Waals surface area (Å²) in [6.45, 7) is 0. The monoisotopic (exact) mass is 448 g/mol. The van der Waals surface area contributed by atoms with Gasteiger partial charge < -0.3 is 24.6 Å². The number of aromatic nitrogens is 3. The lowest BCUT2D eigenvalue weighted by atomic mass is 9.85. The van der Waals surface area contributed by atoms with Crippen LogP contribution in [-0.4, -0.2) is 47.0 Å². The van der Waals surface area contributed by atoms with Crippen LogP contribution in [0.4, 0.5) is 5.95 Å². The zero-order chi connectivity index (χ0) is 23.1. The number of ketones is 1. The highest BCUT2D eigenvalue weighted by molar-refractivity contribution is 5.99. The summed E-state index contributed by atoms with van der Waals surface area (Å²) in [5, 5.41) is 17.9. The van der Waals surface area contributed by atoms with E-state index in [4.69, 9.17) is 24.3 Å². The van der Waals surface area contributed by atoms with Crippen LogP contribution in [0.25, 0.3) is 11.4 Å². The number of carbonyl (C=O) groups is 1. The minimum Gasteiger partial charge on any atom is -0.508 e. The number of methoxy groups -OCH3 is 3. The number of phenols is 1. The van der Waals surface area contributed by atoms with Crippen molar-refractivity contribution in [2.45, 2.75) is 25.3 Å². The summed E-state index contributed by atoms with van der Waals surface area (Å²) < 4.78 is 18.1. The van der Waals surface area contributed by atoms with Gasteiger partial charge in [-0.25, -0.2) is 4.68 Å². The first-order chi connectivity index (χ1) is 16.0. The molecule has 9 heteroatoms. The lowest BCUT2D eigenvalue weighted by Gasteiger charge is -2.32. The molecule has 0 saturated carbocycles. The van der Waals surface area contributed by atoms with Gasteiger partial charge in [0.1, 0.15) is 11.8 Å². The average Bonchev–Trinajstić information content (AvgIpc) is 3.26. The number of allylic oxidation sites excluding steroid dienone is 2. The summed E-state index contributed by atoms with van der Waals surface area (Å²) >= 11 is 0. The van der Waals surface area contributed by atoms with Gasteiger partial charge in [0.05, 0.1) is 21.3 Å². The Morgan fingerprint density at radius 2 is 1.73 bits per heavy atom. The summed E-state index contributed by atoms with van der Waals surface area (Å²) in [4.78, 5) is 17.7. The van der Waals surface area contributed by atoms with E-state index in [1.54, 1.807) is 50.3 Å². The SMILES string of the molecule is COc1cc(-c2nc3n(n2)[C@H](c2ccc(O)cc2)C2=C(CCCC2=O)N3)cc(OC)c1OC. The van der Waals surface area contributed by atoms with Gasteiger partial charge in [-0.15, -0.1) is 5.10 Å². The summed E-state index contributed by atoms with van der Waals surface area (Å²) in [7, 11) is 4.66. The van der Waals surface area contributed by atoms with Gasteiger partial charge in [0, 0.05) is 23.3 Å². The van der Waals surface area contributed by atoms with Crippen LogP contribution < -0.4 is 19.5 Å². The van der Waals surface area contributed by atoms with Gasteiger partial charge >= 0.3 is 0 Å². The Balaban J connectivity index is 1.66. The second-order valence-corrected chi connectivity index (χ2v) is 7.91. The third kappa shape index (κ3) is 3.45. The van der Waals surface area contributed by atoms with Gasteiger partial charge in [0.25, 0.3) is 0 Å². The summed E-state index contributed by atoms with van der Waals surface area (Å²) in [5.74, 6) is 2.73. The van der Waals surface area contributed by atoms with Crippen molar-refractivity contribution >= 4 is 11.7 Å². The van der Waals surface area contributed by atoms with Crippen molar-refractivity contribution < 1.29 is 24.1 Å². The van der Waals surface area contributed by atoms with E-state index >= 15 is 0 Å². The molecule has 33 heavy (non-hydrogen) atoms. The molecule has 5 rings (SSSR count). The van der Waals surface area contributed by atoms with E-state index in [-0.39, 0.29) is 11.5 Å². The van der Waals surface area contributed by atoms with Crippen molar-refractivity contribution in [1.29, 1.82) is 0 Å². The predicted octanol–water partition coefficient (Wildman–Crippen LogP) is 3.70. The van der Waals surface area contributed by atoms with Crippen LogP contribution in [-0.2, 0) is 4.79 Å². The zero-order valence-corrected chi connectivity index (χ0v) is 18.6. The number of phenolic OH excluding ortho intramolecular Hbond substituents is 1. The number of nitrogens with one attached hydrogen (secondary N) is 1. The molecule has 2 aromatic carbocycles. The summed E-state index contributed by atoms with van der Waals surface area (Å²) in [6, 6.07) is 9.98. The number of rotatable bonds is 5. The average molecular weight is 448 g/mol. The fraction of sp³-hybridized carbons (Fsp3) is 0.292. The Bertz CT molecular complexity index is 1240. The number of Topliss-reactive ketones (excluding diaryl/α,β-unsaturated/α-hetero) is 1. The second-order valence-electron chi connectivity index (χ2n) is 7.91. The van der Waals surface area contributed by atoms with Gasteiger partial charge in [-0.2, -0.15) is 4.98 Å². The molecular weight excluding hydrogens is 424 g/mol. The van der Waals surface area contributed by atoms with Crippen LogP contribution in [0.15, 0.2) is 47.7 Å². The number of hydrogen-bond acceptors (Lipinski definition) is 8. The van der Waals surface area contributed by atoms with Crippen LogP contribution in [0.1, 0.15) is 30.9 Å². The molecule has 9 nitrogen and oxygen atoms in total. The molecule has 0 amide bonds. The number of aromatic hydroxyl groups is 1. The Morgan fingerprint density at radius 3 is 2.36 bits per heavy atom. The number of ether oxygens (including phenoxy) is 3. The van der Waals surface area contributed by atoms with Crippen LogP contribution in [0.5, 0.6) is 23.0 Å². The van der Waals surface area contributed by atoms with E-state index in [0.29, 0.717) is 46.6 Å². The van der Waals surface area contributed by atoms with Crippen molar-refractivity contribution in [3.63, 3.8) is 0 Å². The highest BCUT2D eigenvalue weighted by atomic mass is 16.5. The molecule has 0 unspecified atom stereocenters. The quantitative estimate of drug-likeness (QED) is 0.608. The topological polar surface area (TPSA) is 108 Å². The highest BCUT2D eigenvalue weighted by Gasteiger charge is 2.37. The molecule has 1 aliphatic heterocycles. The maximum absolute atomic E-state index is 12.9. The molecule has 0 spiro atoms. The number of fused-ring (bicyclic) bond motifs is 1. The van der Waals surface area contributed by atoms with E-state index < -0.39 is 6.04 Å². The van der Waals surface area contributed by atoms with Crippen molar-refractivity contribution in [2.75, 3.05) is 26.6 Å². The molecule has 1 atom stereocenters. The van der Waals surface area contributed by atoms with Crippen molar-refractivity contribution in [2.24, 2.45) is 0 Å². The van der Waals surface area contributed by atoms with Gasteiger partial charge in [-0.05, 0) is 42.7 Å². The van der Waals surface area contributed by atoms with Gasteiger partial charge in [-0.1, -0.05) is 12.1 Å². The second kappa shape index (κ2) is 8.16. The molecule has 1 aliphatic carbocycles. The first-order valence-corrected chi connectivity index (χ1v) is 10.6. The van der Waals surface area contributed by atoms with Gasteiger partial charge in [0.2, 0.25) is 11.7 Å². The van der Waals surface area contributed by atoms with Crippen LogP contribution in [0.2, 0.25) is 0 Å². The lowest BCUT2D eigenvalue weighted by molar-refractivity contribution is -0.116. The molecule has 0 radical (unpaired) electrons. The van der Waals surface area contributed by atoms with Crippen LogP contribution >= 0.6 is 0 Å². The third-order valence-corrected chi connectivity index (χ3v) is 6.00. The molecule has 0 fully saturated rings. The van der Waals surface area contributed by atoms with E-state index in [0.717, 1.165) is 24.1 Å². The first kappa shape index (κ1) is 20.9. The molecule has 2 N–H and O–H groups in total. The largest absolute Gasteiger partial charge is 0.508 e.